The number of hydrogen-bond acceptors (Lipinski definition) is 17. The van der Waals surface area contributed by atoms with Crippen LogP contribution in [0.3, 0.4) is 0 Å². The average molecular weight is 1260 g/mol. The molecule has 9 atom stereocenters. The Kier molecular flexibility index (Phi) is 25.3. The summed E-state index contributed by atoms with van der Waals surface area (Å²) < 4.78 is 0. The molecule has 89 heavy (non-hydrogen) atoms. The van der Waals surface area contributed by atoms with Crippen LogP contribution < -0.4 is 58.5 Å². The summed E-state index contributed by atoms with van der Waals surface area (Å²) in [6.07, 6.45) is 1.90. The van der Waals surface area contributed by atoms with Gasteiger partial charge < -0.3 is 78.6 Å². The fraction of sp³-hybridized carbons (Fsp3) is 0.483. The van der Waals surface area contributed by atoms with Crippen molar-refractivity contribution in [2.75, 3.05) is 57.4 Å². The van der Waals surface area contributed by atoms with Crippen LogP contribution in [0.1, 0.15) is 70.9 Å². The minimum atomic E-state index is -1.68. The molecule has 0 bridgehead atoms. The van der Waals surface area contributed by atoms with Gasteiger partial charge in [-0.1, -0.05) is 57.5 Å². The highest BCUT2D eigenvalue weighted by Gasteiger charge is 2.42. The monoisotopic (exact) mass is 1260 g/mol. The summed E-state index contributed by atoms with van der Waals surface area (Å²) in [5, 5.41) is 50.2. The fourth-order valence-electron chi connectivity index (χ4n) is 9.89. The number of aromatic amines is 1. The minimum absolute atomic E-state index is 0.0266. The standard InChI is InChI=1S/C58H76N14O16S/c1-6-30(2)50-55(86)63-25-44(77)61-27-46(79)66-39(23-43(76)59-24-33-13-15-34(16-14-33)65-52(83)32(4)64-45(78)26-60-42(75)19-21-72-48(81)17-18-49(72)82)58(88)71-20-9-12-40(71)54(85)70-51(31(3)41(74)29-73)56(87)67-38(53(84)62-28-47(80)69-50)22-36-35-10-7-8-11-37(35)68-57(36)89-5/h7-8,10-11,13-18,30-32,38-41,50-51,68,73-74H,6,9,12,19-29H2,1-5H3,(H,59,76)(H,60,75)(H,61,77)(H,62,84)(H,63,86)(H,64,78)(H,65,83)(H,66,79)(H,67,87)(H,69,80)(H,70,85)/t30-,31-,32-,38+,39-,40-,41-,50-,51-/m0/s1. The van der Waals surface area contributed by atoms with E-state index < -0.39 is 176 Å². The summed E-state index contributed by atoms with van der Waals surface area (Å²) >= 11 is 1.34. The normalized spacial score (nSPS) is 21.5. The van der Waals surface area contributed by atoms with Crippen molar-refractivity contribution < 1.29 is 77.3 Å². The molecule has 0 spiro atoms. The zero-order chi connectivity index (χ0) is 65.1. The molecule has 3 aromatic rings. The number of thioether (sulfide) groups is 1. The Morgan fingerprint density at radius 2 is 1.38 bits per heavy atom. The lowest BCUT2D eigenvalue weighted by molar-refractivity contribution is -0.144. The molecule has 2 aromatic carbocycles. The predicted molar refractivity (Wildman–Crippen MR) is 320 cm³/mol. The third kappa shape index (κ3) is 19.4. The van der Waals surface area contributed by atoms with E-state index in [1.165, 1.54) is 37.7 Å². The van der Waals surface area contributed by atoms with Gasteiger partial charge in [-0.2, -0.15) is 0 Å². The topological polar surface area (TPSA) is 434 Å². The van der Waals surface area contributed by atoms with Crippen molar-refractivity contribution in [2.45, 2.75) is 120 Å². The van der Waals surface area contributed by atoms with Gasteiger partial charge in [0.2, 0.25) is 70.9 Å². The number of anilines is 1. The molecule has 31 heteroatoms. The van der Waals surface area contributed by atoms with Gasteiger partial charge in [0, 0.05) is 67.1 Å². The van der Waals surface area contributed by atoms with Gasteiger partial charge in [0.1, 0.15) is 36.3 Å². The van der Waals surface area contributed by atoms with E-state index in [2.05, 4.69) is 63.5 Å². The zero-order valence-corrected chi connectivity index (χ0v) is 50.6. The Morgan fingerprint density at radius 3 is 2.07 bits per heavy atom. The van der Waals surface area contributed by atoms with Crippen LogP contribution >= 0.6 is 11.8 Å². The quantitative estimate of drug-likeness (QED) is 0.0383. The molecule has 4 heterocycles. The number of H-pyrrole nitrogens is 1. The predicted octanol–water partition coefficient (Wildman–Crippen LogP) is -3.66. The Labute approximate surface area is 515 Å². The second-order valence-corrected chi connectivity index (χ2v) is 22.5. The van der Waals surface area contributed by atoms with Crippen molar-refractivity contribution in [3.63, 3.8) is 0 Å². The van der Waals surface area contributed by atoms with E-state index in [1.54, 1.807) is 44.4 Å². The molecule has 30 nitrogen and oxygen atoms in total. The number of nitrogens with zero attached hydrogens (tertiary/aromatic N) is 2. The first-order chi connectivity index (χ1) is 42.4. The number of nitrogens with one attached hydrogen (secondary N) is 12. The molecule has 3 aliphatic rings. The highest BCUT2D eigenvalue weighted by atomic mass is 32.2. The summed E-state index contributed by atoms with van der Waals surface area (Å²) in [6, 6.07) is 4.92. The van der Waals surface area contributed by atoms with Crippen LogP contribution in [0, 0.1) is 11.8 Å². The number of carbonyl (C=O) groups excluding carboxylic acids is 14. The highest BCUT2D eigenvalue weighted by Crippen LogP contribution is 2.30. The lowest BCUT2D eigenvalue weighted by Crippen LogP contribution is -2.61. The van der Waals surface area contributed by atoms with E-state index in [4.69, 9.17) is 0 Å². The second kappa shape index (κ2) is 32.7. The molecule has 2 saturated heterocycles. The molecule has 0 unspecified atom stereocenters. The van der Waals surface area contributed by atoms with Crippen molar-refractivity contribution in [1.29, 1.82) is 0 Å². The molecule has 480 valence electrons. The number of aromatic nitrogens is 1. The number of rotatable bonds is 20. The zero-order valence-electron chi connectivity index (χ0n) is 49.8. The fourth-order valence-corrected chi connectivity index (χ4v) is 10.5. The van der Waals surface area contributed by atoms with Gasteiger partial charge in [-0.3, -0.25) is 72.0 Å². The SMILES string of the molecule is CC[C@H](C)[C@@H]1NC(=O)CNC(=O)[C@@H](Cc2c(SC)[nH]c3ccccc23)NC(=O)[C@H]([C@@H](C)[C@@H](O)CO)NC(=O)[C@@H]2CCCN2C(=O)[C@H](CC(=O)NCc2ccc(NC(=O)[C@H](C)NC(=O)CNC(=O)CCN3C(=O)C=CC3=O)cc2)NC(=O)CNC(=O)CNC1=O. The molecule has 2 fully saturated rings. The lowest BCUT2D eigenvalue weighted by Gasteiger charge is -2.32. The summed E-state index contributed by atoms with van der Waals surface area (Å²) in [5.74, 6) is -12.5. The van der Waals surface area contributed by atoms with E-state index in [1.807, 2.05) is 12.1 Å². The van der Waals surface area contributed by atoms with Crippen LogP contribution in [0.15, 0.2) is 65.7 Å². The first-order valence-corrected chi connectivity index (χ1v) is 30.1. The van der Waals surface area contributed by atoms with Crippen LogP contribution in [-0.2, 0) is 80.1 Å². The third-order valence-electron chi connectivity index (χ3n) is 15.3. The minimum Gasteiger partial charge on any atom is -0.394 e. The van der Waals surface area contributed by atoms with Gasteiger partial charge in [-0.25, -0.2) is 0 Å². The lowest BCUT2D eigenvalue weighted by atomic mass is 9.94. The largest absolute Gasteiger partial charge is 0.394 e. The molecule has 0 aliphatic carbocycles. The molecule has 14 amide bonds. The molecule has 1 aromatic heterocycles. The molecule has 0 radical (unpaired) electrons. The molecular weight excluding hydrogens is 1180 g/mol. The highest BCUT2D eigenvalue weighted by molar-refractivity contribution is 7.98. The maximum absolute atomic E-state index is 14.6. The van der Waals surface area contributed by atoms with Gasteiger partial charge in [-0.15, -0.1) is 11.8 Å². The third-order valence-corrected chi connectivity index (χ3v) is 16.0. The number of aliphatic hydroxyl groups is 2. The summed E-state index contributed by atoms with van der Waals surface area (Å²) in [6.45, 7) is 2.40. The van der Waals surface area contributed by atoms with Crippen LogP contribution in [0.4, 0.5) is 5.69 Å². The molecular formula is C58H76N14O16S. The first kappa shape index (κ1) is 68.9. The van der Waals surface area contributed by atoms with Crippen LogP contribution in [-0.4, -0.2) is 202 Å². The smallest absolute Gasteiger partial charge is 0.253 e. The Hall–Kier alpha value is -9.23. The number of para-hydroxylation sites is 1. The molecule has 0 saturated carbocycles. The number of fused-ring (bicyclic) bond motifs is 2. The average Bonchev–Trinajstić information content (AvgIpc) is 4.12. The van der Waals surface area contributed by atoms with Gasteiger partial charge in [0.25, 0.3) is 11.8 Å². The number of hydrogen-bond donors (Lipinski definition) is 14. The van der Waals surface area contributed by atoms with Crippen molar-refractivity contribution >= 4 is 111 Å². The van der Waals surface area contributed by atoms with Crippen LogP contribution in [0.25, 0.3) is 10.9 Å². The number of amides is 14. The first-order valence-electron chi connectivity index (χ1n) is 28.9. The summed E-state index contributed by atoms with van der Waals surface area (Å²) in [7, 11) is 0. The van der Waals surface area contributed by atoms with E-state index in [9.17, 15) is 77.3 Å². The maximum Gasteiger partial charge on any atom is 0.253 e. The Balaban J connectivity index is 1.17. The van der Waals surface area contributed by atoms with E-state index in [0.29, 0.717) is 33.6 Å². The van der Waals surface area contributed by atoms with E-state index in [0.717, 1.165) is 27.5 Å². The van der Waals surface area contributed by atoms with E-state index in [-0.39, 0.29) is 45.3 Å². The number of imide groups is 1. The van der Waals surface area contributed by atoms with Crippen molar-refractivity contribution in [3.05, 3.63) is 71.8 Å². The number of carbonyl (C=O) groups is 14. The van der Waals surface area contributed by atoms with E-state index >= 15 is 0 Å². The molecule has 6 rings (SSSR count). The van der Waals surface area contributed by atoms with Gasteiger partial charge in [0.05, 0.1) is 50.3 Å². The van der Waals surface area contributed by atoms with Crippen molar-refractivity contribution in [3.8, 4) is 0 Å². The maximum atomic E-state index is 14.6. The van der Waals surface area contributed by atoms with Gasteiger partial charge >= 0.3 is 0 Å². The van der Waals surface area contributed by atoms with Gasteiger partial charge in [0.15, 0.2) is 0 Å². The number of aliphatic hydroxyl groups excluding tert-OH is 2. The second-order valence-electron chi connectivity index (χ2n) is 21.6. The van der Waals surface area contributed by atoms with Crippen LogP contribution in [0.2, 0.25) is 0 Å². The Bertz CT molecular complexity index is 3190. The summed E-state index contributed by atoms with van der Waals surface area (Å²) in [5.41, 5.74) is 2.14. The van der Waals surface area contributed by atoms with Crippen LogP contribution in [0.5, 0.6) is 0 Å². The molecule has 14 N–H and O–H groups in total. The Morgan fingerprint density at radius 1 is 0.719 bits per heavy atom. The molecule has 3 aliphatic heterocycles. The van der Waals surface area contributed by atoms with Crippen molar-refractivity contribution in [1.82, 2.24) is 68.0 Å². The van der Waals surface area contributed by atoms with Crippen molar-refractivity contribution in [2.24, 2.45) is 11.8 Å². The summed E-state index contributed by atoms with van der Waals surface area (Å²) in [4.78, 5) is 192. The number of benzene rings is 2. The van der Waals surface area contributed by atoms with Gasteiger partial charge in [-0.05, 0) is 61.3 Å².